The van der Waals surface area contributed by atoms with Gasteiger partial charge in [-0.05, 0) is 31.2 Å². The average molecular weight is 366 g/mol. The molecule has 5 rings (SSSR count). The van der Waals surface area contributed by atoms with Crippen LogP contribution in [0.15, 0.2) is 22.9 Å². The molecule has 1 aliphatic carbocycles. The highest BCUT2D eigenvalue weighted by Gasteiger charge is 2.42. The van der Waals surface area contributed by atoms with Crippen molar-refractivity contribution in [3.63, 3.8) is 0 Å². The second-order valence-electron chi connectivity index (χ2n) is 7.18. The Morgan fingerprint density at radius 2 is 2.11 bits per heavy atom. The molecule has 4 aromatic rings. The van der Waals surface area contributed by atoms with Crippen molar-refractivity contribution in [2.24, 2.45) is 7.05 Å². The maximum atomic E-state index is 6.07. The molecule has 0 bridgehead atoms. The summed E-state index contributed by atoms with van der Waals surface area (Å²) in [4.78, 5) is 0. The lowest BCUT2D eigenvalue weighted by molar-refractivity contribution is 0.273. The van der Waals surface area contributed by atoms with Crippen molar-refractivity contribution in [1.29, 1.82) is 0 Å². The molecule has 10 heteroatoms. The molecule has 138 valence electrons. The zero-order valence-corrected chi connectivity index (χ0v) is 15.2. The number of aromatic nitrogens is 8. The monoisotopic (exact) mass is 366 g/mol. The third kappa shape index (κ3) is 2.64. The van der Waals surface area contributed by atoms with Crippen LogP contribution in [0.25, 0.3) is 17.2 Å². The highest BCUT2D eigenvalue weighted by molar-refractivity contribution is 5.57. The third-order valence-corrected chi connectivity index (χ3v) is 5.03. The molecule has 1 aliphatic rings. The van der Waals surface area contributed by atoms with Gasteiger partial charge in [-0.1, -0.05) is 17.3 Å². The van der Waals surface area contributed by atoms with Gasteiger partial charge in [0.2, 0.25) is 11.7 Å². The number of hydrogen-bond acceptors (Lipinski definition) is 8. The summed E-state index contributed by atoms with van der Waals surface area (Å²) in [5, 5.41) is 25.0. The fourth-order valence-electron chi connectivity index (χ4n) is 3.03. The van der Waals surface area contributed by atoms with Crippen LogP contribution in [0.4, 0.5) is 0 Å². The fourth-order valence-corrected chi connectivity index (χ4v) is 3.03. The third-order valence-electron chi connectivity index (χ3n) is 5.03. The summed E-state index contributed by atoms with van der Waals surface area (Å²) in [6.07, 6.45) is 3.87. The van der Waals surface area contributed by atoms with Crippen LogP contribution in [0.5, 0.6) is 5.88 Å². The highest BCUT2D eigenvalue weighted by atomic mass is 16.5. The van der Waals surface area contributed by atoms with Crippen LogP contribution in [0.2, 0.25) is 0 Å². The van der Waals surface area contributed by atoms with E-state index in [9.17, 15) is 0 Å². The van der Waals surface area contributed by atoms with Gasteiger partial charge in [-0.25, -0.2) is 4.68 Å². The quantitative estimate of drug-likeness (QED) is 0.526. The molecule has 0 unspecified atom stereocenters. The largest absolute Gasteiger partial charge is 0.470 e. The van der Waals surface area contributed by atoms with Crippen LogP contribution in [0.3, 0.4) is 0 Å². The molecular weight excluding hydrogens is 348 g/mol. The fraction of sp³-hybridized carbons (Fsp3) is 0.412. The second kappa shape index (κ2) is 5.60. The first kappa shape index (κ1) is 15.9. The van der Waals surface area contributed by atoms with Gasteiger partial charge in [0.05, 0.1) is 11.9 Å². The maximum absolute atomic E-state index is 6.07. The molecule has 1 fully saturated rings. The predicted octanol–water partition coefficient (Wildman–Crippen LogP) is 1.85. The molecule has 1 saturated carbocycles. The normalized spacial score (nSPS) is 15.4. The molecule has 10 nitrogen and oxygen atoms in total. The van der Waals surface area contributed by atoms with Gasteiger partial charge < -0.3 is 9.26 Å². The molecule has 0 spiro atoms. The van der Waals surface area contributed by atoms with E-state index in [1.54, 1.807) is 21.5 Å². The van der Waals surface area contributed by atoms with Crippen molar-refractivity contribution in [3.05, 3.63) is 35.3 Å². The van der Waals surface area contributed by atoms with Crippen LogP contribution < -0.4 is 4.74 Å². The molecule has 0 saturated heterocycles. The minimum atomic E-state index is 0.0609. The van der Waals surface area contributed by atoms with Crippen LogP contribution in [-0.4, -0.2) is 40.0 Å². The summed E-state index contributed by atoms with van der Waals surface area (Å²) in [5.41, 5.74) is 3.20. The Bertz CT molecular complexity index is 1140. The minimum Gasteiger partial charge on any atom is -0.470 e. The van der Waals surface area contributed by atoms with E-state index in [1.807, 2.05) is 20.0 Å². The van der Waals surface area contributed by atoms with Gasteiger partial charge in [0, 0.05) is 18.7 Å². The van der Waals surface area contributed by atoms with Crippen molar-refractivity contribution >= 4 is 5.65 Å². The first-order valence-electron chi connectivity index (χ1n) is 8.70. The van der Waals surface area contributed by atoms with Gasteiger partial charge in [0.25, 0.3) is 0 Å². The average Bonchev–Trinajstić information content (AvgIpc) is 3.01. The smallest absolute Gasteiger partial charge is 0.236 e. The van der Waals surface area contributed by atoms with Gasteiger partial charge >= 0.3 is 0 Å². The molecule has 0 amide bonds. The lowest BCUT2D eigenvalue weighted by Gasteiger charge is -2.15. The van der Waals surface area contributed by atoms with E-state index in [0.29, 0.717) is 35.4 Å². The van der Waals surface area contributed by atoms with Crippen molar-refractivity contribution in [1.82, 2.24) is 40.0 Å². The summed E-state index contributed by atoms with van der Waals surface area (Å²) < 4.78 is 14.6. The Morgan fingerprint density at radius 3 is 2.78 bits per heavy atom. The zero-order valence-electron chi connectivity index (χ0n) is 15.2. The number of aryl methyl sites for hydroxylation is 2. The van der Waals surface area contributed by atoms with Crippen LogP contribution in [0, 0.1) is 6.92 Å². The van der Waals surface area contributed by atoms with Gasteiger partial charge in [-0.2, -0.15) is 4.52 Å². The summed E-state index contributed by atoms with van der Waals surface area (Å²) in [6.45, 7) is 4.36. The van der Waals surface area contributed by atoms with Crippen LogP contribution >= 0.6 is 0 Å². The number of fused-ring (bicyclic) bond motifs is 1. The minimum absolute atomic E-state index is 0.0609. The molecule has 4 heterocycles. The molecule has 0 aliphatic heterocycles. The Hall–Kier alpha value is -3.30. The van der Waals surface area contributed by atoms with Crippen molar-refractivity contribution in [3.8, 4) is 17.4 Å². The lowest BCUT2D eigenvalue weighted by Crippen LogP contribution is -2.11. The molecule has 27 heavy (non-hydrogen) atoms. The molecule has 0 aromatic carbocycles. The summed E-state index contributed by atoms with van der Waals surface area (Å²) in [7, 11) is 1.83. The first-order valence-corrected chi connectivity index (χ1v) is 8.70. The van der Waals surface area contributed by atoms with E-state index in [2.05, 4.69) is 32.6 Å². The number of nitrogens with zero attached hydrogens (tertiary/aromatic N) is 8. The van der Waals surface area contributed by atoms with Gasteiger partial charge in [0.1, 0.15) is 12.4 Å². The van der Waals surface area contributed by atoms with Gasteiger partial charge in [-0.3, -0.25) is 0 Å². The lowest BCUT2D eigenvalue weighted by atomic mass is 10.0. The SMILES string of the molecule is Cc1cc(-c2nnc3cc(C4(C)CC4)c(OCc4cnnn4C)nn23)no1. The van der Waals surface area contributed by atoms with Crippen molar-refractivity contribution in [2.75, 3.05) is 0 Å². The molecule has 4 aromatic heterocycles. The van der Waals surface area contributed by atoms with Crippen molar-refractivity contribution in [2.45, 2.75) is 38.7 Å². The Balaban J connectivity index is 1.59. The molecular formula is C17H18N8O2. The van der Waals surface area contributed by atoms with E-state index < -0.39 is 0 Å². The second-order valence-corrected chi connectivity index (χ2v) is 7.18. The van der Waals surface area contributed by atoms with Crippen molar-refractivity contribution < 1.29 is 9.26 Å². The topological polar surface area (TPSA) is 109 Å². The number of ether oxygens (including phenoxy) is 1. The first-order chi connectivity index (χ1) is 13.0. The summed E-state index contributed by atoms with van der Waals surface area (Å²) in [6, 6.07) is 3.80. The highest BCUT2D eigenvalue weighted by Crippen LogP contribution is 2.50. The van der Waals surface area contributed by atoms with E-state index in [-0.39, 0.29) is 5.41 Å². The van der Waals surface area contributed by atoms with Gasteiger partial charge in [-0.15, -0.1) is 20.4 Å². The Labute approximate surface area is 154 Å². The Kier molecular flexibility index (Phi) is 3.30. The van der Waals surface area contributed by atoms with Crippen LogP contribution in [0.1, 0.15) is 36.8 Å². The molecule has 0 radical (unpaired) electrons. The van der Waals surface area contributed by atoms with Crippen LogP contribution in [-0.2, 0) is 19.1 Å². The predicted molar refractivity (Wildman–Crippen MR) is 92.9 cm³/mol. The summed E-state index contributed by atoms with van der Waals surface area (Å²) >= 11 is 0. The molecule has 0 atom stereocenters. The van der Waals surface area contributed by atoms with E-state index in [1.165, 1.54) is 0 Å². The van der Waals surface area contributed by atoms with Gasteiger partial charge in [0.15, 0.2) is 11.3 Å². The number of rotatable bonds is 5. The molecule has 0 N–H and O–H groups in total. The standard InChI is InChI=1S/C17H18N8O2/c1-10-6-13(22-27-10)15-20-19-14-7-12(17(2)4-5-17)16(21-25(14)15)26-9-11-8-18-23-24(11)3/h6-8H,4-5,9H2,1-3H3. The zero-order chi connectivity index (χ0) is 18.6. The summed E-state index contributed by atoms with van der Waals surface area (Å²) in [5.74, 6) is 1.77. The Morgan fingerprint density at radius 1 is 1.26 bits per heavy atom. The maximum Gasteiger partial charge on any atom is 0.236 e. The van der Waals surface area contributed by atoms with E-state index >= 15 is 0 Å². The van der Waals surface area contributed by atoms with E-state index in [4.69, 9.17) is 14.4 Å². The van der Waals surface area contributed by atoms with E-state index in [0.717, 1.165) is 24.1 Å². The number of hydrogen-bond donors (Lipinski definition) is 0.